The Kier molecular flexibility index (Phi) is 2.68. The highest BCUT2D eigenvalue weighted by molar-refractivity contribution is 5.75. The Labute approximate surface area is 99.3 Å². The first kappa shape index (κ1) is 10.5. The summed E-state index contributed by atoms with van der Waals surface area (Å²) >= 11 is 0. The number of rotatable bonds is 2. The zero-order chi connectivity index (χ0) is 11.7. The van der Waals surface area contributed by atoms with Crippen molar-refractivity contribution in [1.29, 1.82) is 0 Å². The van der Waals surface area contributed by atoms with Crippen LogP contribution in [0.1, 0.15) is 25.7 Å². The van der Waals surface area contributed by atoms with E-state index in [2.05, 4.69) is 20.3 Å². The molecule has 1 fully saturated rings. The molecule has 2 heterocycles. The number of hydrogen-bond donors (Lipinski definition) is 3. The summed E-state index contributed by atoms with van der Waals surface area (Å²) in [6.45, 7) is 0. The quantitative estimate of drug-likeness (QED) is 0.736. The summed E-state index contributed by atoms with van der Waals surface area (Å²) < 4.78 is 0. The van der Waals surface area contributed by atoms with Crippen molar-refractivity contribution in [2.24, 2.45) is 0 Å². The molecule has 0 spiro atoms. The zero-order valence-electron chi connectivity index (χ0n) is 9.56. The molecular weight excluding hydrogens is 216 g/mol. The van der Waals surface area contributed by atoms with Crippen molar-refractivity contribution < 1.29 is 5.11 Å². The van der Waals surface area contributed by atoms with Crippen molar-refractivity contribution >= 4 is 17.0 Å². The van der Waals surface area contributed by atoms with Gasteiger partial charge >= 0.3 is 0 Å². The molecule has 1 saturated carbocycles. The lowest BCUT2D eigenvalue weighted by molar-refractivity contribution is 0.126. The number of fused-ring (bicyclic) bond motifs is 1. The zero-order valence-corrected chi connectivity index (χ0v) is 9.56. The normalized spacial score (nSPS) is 25.0. The Morgan fingerprint density at radius 3 is 2.94 bits per heavy atom. The molecule has 0 bridgehead atoms. The Bertz CT molecular complexity index is 502. The Morgan fingerprint density at radius 2 is 2.12 bits per heavy atom. The largest absolute Gasteiger partial charge is 0.393 e. The summed E-state index contributed by atoms with van der Waals surface area (Å²) in [5, 5.41) is 13.8. The van der Waals surface area contributed by atoms with Crippen LogP contribution in [0.15, 0.2) is 18.5 Å². The number of anilines is 1. The maximum absolute atomic E-state index is 9.44. The molecule has 0 unspecified atom stereocenters. The predicted octanol–water partition coefficient (Wildman–Crippen LogP) is 1.67. The molecule has 0 amide bonds. The number of hydrogen-bond acceptors (Lipinski definition) is 4. The van der Waals surface area contributed by atoms with E-state index in [4.69, 9.17) is 0 Å². The van der Waals surface area contributed by atoms with E-state index in [-0.39, 0.29) is 6.10 Å². The van der Waals surface area contributed by atoms with Crippen LogP contribution in [0.5, 0.6) is 0 Å². The smallest absolute Gasteiger partial charge is 0.224 e. The second-order valence-electron chi connectivity index (χ2n) is 4.63. The van der Waals surface area contributed by atoms with E-state index in [0.29, 0.717) is 12.0 Å². The fourth-order valence-corrected chi connectivity index (χ4v) is 2.31. The van der Waals surface area contributed by atoms with Crippen LogP contribution < -0.4 is 5.32 Å². The number of nitrogens with zero attached hydrogens (tertiary/aromatic N) is 2. The molecule has 0 aliphatic heterocycles. The van der Waals surface area contributed by atoms with Crippen molar-refractivity contribution in [2.45, 2.75) is 37.8 Å². The highest BCUT2D eigenvalue weighted by atomic mass is 16.3. The molecule has 1 aliphatic rings. The summed E-state index contributed by atoms with van der Waals surface area (Å²) in [6.07, 6.45) is 7.24. The third-order valence-electron chi connectivity index (χ3n) is 3.33. The summed E-state index contributed by atoms with van der Waals surface area (Å²) in [4.78, 5) is 11.8. The van der Waals surface area contributed by atoms with Crippen LogP contribution >= 0.6 is 0 Å². The summed E-state index contributed by atoms with van der Waals surface area (Å²) in [5.74, 6) is 0.668. The molecule has 2 aromatic rings. The lowest BCUT2D eigenvalue weighted by atomic mass is 9.93. The van der Waals surface area contributed by atoms with Gasteiger partial charge in [-0.25, -0.2) is 4.98 Å². The molecule has 3 N–H and O–H groups in total. The second kappa shape index (κ2) is 4.33. The molecule has 5 heteroatoms. The van der Waals surface area contributed by atoms with Gasteiger partial charge in [-0.3, -0.25) is 0 Å². The maximum Gasteiger partial charge on any atom is 0.224 e. The van der Waals surface area contributed by atoms with Gasteiger partial charge in [0.1, 0.15) is 5.65 Å². The molecule has 1 aliphatic carbocycles. The first-order valence-corrected chi connectivity index (χ1v) is 6.06. The number of aromatic amines is 1. The number of aliphatic hydroxyl groups is 1. The van der Waals surface area contributed by atoms with Gasteiger partial charge < -0.3 is 15.4 Å². The van der Waals surface area contributed by atoms with Crippen molar-refractivity contribution in [3.05, 3.63) is 18.5 Å². The van der Waals surface area contributed by atoms with Gasteiger partial charge in [-0.15, -0.1) is 0 Å². The van der Waals surface area contributed by atoms with Gasteiger partial charge in [0.15, 0.2) is 0 Å². The van der Waals surface area contributed by atoms with Gasteiger partial charge in [0.25, 0.3) is 0 Å². The SMILES string of the molecule is OC1CCC(Nc2ncc3cc[nH]c3n2)CC1. The van der Waals surface area contributed by atoms with Crippen LogP contribution in [0.4, 0.5) is 5.95 Å². The Balaban J connectivity index is 1.71. The average molecular weight is 232 g/mol. The van der Waals surface area contributed by atoms with Gasteiger partial charge in [0, 0.05) is 23.8 Å². The minimum atomic E-state index is -0.125. The highest BCUT2D eigenvalue weighted by Gasteiger charge is 2.19. The first-order valence-electron chi connectivity index (χ1n) is 6.06. The van der Waals surface area contributed by atoms with Crippen LogP contribution in [-0.4, -0.2) is 32.2 Å². The molecule has 5 nitrogen and oxygen atoms in total. The van der Waals surface area contributed by atoms with Gasteiger partial charge in [0.2, 0.25) is 5.95 Å². The van der Waals surface area contributed by atoms with Crippen LogP contribution in [0.25, 0.3) is 11.0 Å². The summed E-state index contributed by atoms with van der Waals surface area (Å²) in [7, 11) is 0. The Morgan fingerprint density at radius 1 is 1.29 bits per heavy atom. The monoisotopic (exact) mass is 232 g/mol. The average Bonchev–Trinajstić information content (AvgIpc) is 2.79. The minimum absolute atomic E-state index is 0.125. The van der Waals surface area contributed by atoms with E-state index < -0.39 is 0 Å². The third-order valence-corrected chi connectivity index (χ3v) is 3.33. The fourth-order valence-electron chi connectivity index (χ4n) is 2.31. The topological polar surface area (TPSA) is 73.8 Å². The number of aliphatic hydroxyl groups excluding tert-OH is 1. The van der Waals surface area contributed by atoms with Crippen LogP contribution in [0.2, 0.25) is 0 Å². The molecule has 0 atom stereocenters. The van der Waals surface area contributed by atoms with E-state index in [1.54, 1.807) is 0 Å². The molecule has 2 aromatic heterocycles. The van der Waals surface area contributed by atoms with Crippen molar-refractivity contribution in [3.8, 4) is 0 Å². The van der Waals surface area contributed by atoms with Gasteiger partial charge in [-0.05, 0) is 31.7 Å². The minimum Gasteiger partial charge on any atom is -0.393 e. The number of aromatic nitrogens is 3. The van der Waals surface area contributed by atoms with Crippen molar-refractivity contribution in [2.75, 3.05) is 5.32 Å². The van der Waals surface area contributed by atoms with Gasteiger partial charge in [-0.2, -0.15) is 4.98 Å². The van der Waals surface area contributed by atoms with E-state index in [9.17, 15) is 5.11 Å². The van der Waals surface area contributed by atoms with Gasteiger partial charge in [0.05, 0.1) is 6.10 Å². The molecule has 0 aromatic carbocycles. The fraction of sp³-hybridized carbons (Fsp3) is 0.500. The standard InChI is InChI=1S/C12H16N4O/c17-10-3-1-9(2-4-10)15-12-14-7-8-5-6-13-11(8)16-12/h5-7,9-10,17H,1-4H2,(H2,13,14,15,16). The Hall–Kier alpha value is -1.62. The lowest BCUT2D eigenvalue weighted by Gasteiger charge is -2.26. The summed E-state index contributed by atoms with van der Waals surface area (Å²) in [6, 6.07) is 2.33. The molecule has 0 radical (unpaired) electrons. The summed E-state index contributed by atoms with van der Waals surface area (Å²) in [5.41, 5.74) is 0.860. The van der Waals surface area contributed by atoms with Gasteiger partial charge in [-0.1, -0.05) is 0 Å². The van der Waals surface area contributed by atoms with Crippen molar-refractivity contribution in [3.63, 3.8) is 0 Å². The lowest BCUT2D eigenvalue weighted by Crippen LogP contribution is -2.28. The second-order valence-corrected chi connectivity index (χ2v) is 4.63. The number of nitrogens with one attached hydrogen (secondary N) is 2. The molecular formula is C12H16N4O. The van der Waals surface area contributed by atoms with Crippen LogP contribution in [-0.2, 0) is 0 Å². The highest BCUT2D eigenvalue weighted by Crippen LogP contribution is 2.21. The van der Waals surface area contributed by atoms with Crippen molar-refractivity contribution in [1.82, 2.24) is 15.0 Å². The third kappa shape index (κ3) is 2.24. The molecule has 3 rings (SSSR count). The van der Waals surface area contributed by atoms with E-state index >= 15 is 0 Å². The number of H-pyrrole nitrogens is 1. The van der Waals surface area contributed by atoms with Crippen LogP contribution in [0.3, 0.4) is 0 Å². The molecule has 90 valence electrons. The molecule has 0 saturated heterocycles. The maximum atomic E-state index is 9.44. The first-order chi connectivity index (χ1) is 8.31. The predicted molar refractivity (Wildman–Crippen MR) is 65.8 cm³/mol. The van der Waals surface area contributed by atoms with E-state index in [1.165, 1.54) is 0 Å². The van der Waals surface area contributed by atoms with E-state index in [0.717, 1.165) is 36.7 Å². The molecule has 17 heavy (non-hydrogen) atoms. The van der Waals surface area contributed by atoms with Crippen LogP contribution in [0, 0.1) is 0 Å². The van der Waals surface area contributed by atoms with E-state index in [1.807, 2.05) is 18.5 Å².